The van der Waals surface area contributed by atoms with E-state index in [2.05, 4.69) is 20.7 Å². The number of halogens is 4. The third kappa shape index (κ3) is 3.54. The van der Waals surface area contributed by atoms with Crippen LogP contribution in [0.25, 0.3) is 0 Å². The van der Waals surface area contributed by atoms with E-state index in [1.807, 2.05) is 0 Å². The molecule has 19 heavy (non-hydrogen) atoms. The Morgan fingerprint density at radius 1 is 1.21 bits per heavy atom. The Bertz CT molecular complexity index is 438. The normalized spacial score (nSPS) is 26.7. The highest BCUT2D eigenvalue weighted by Crippen LogP contribution is 2.38. The van der Waals surface area contributed by atoms with Crippen LogP contribution in [0.4, 0.5) is 13.2 Å². The smallest absolute Gasteiger partial charge is 0.484 e. The molecule has 3 nitrogen and oxygen atoms in total. The first-order chi connectivity index (χ1) is 8.90. The standard InChI is InChI=1S/C12H12BrF3O3/c1-17-11-7(13)6-10(11)18-8-4-2-3-5-9(8)19-12(14,15)16/h2-5,7,10-11H,6H2,1H3. The molecule has 0 saturated heterocycles. The number of methoxy groups -OCH3 is 1. The highest BCUT2D eigenvalue weighted by atomic mass is 79.9. The number of para-hydroxylation sites is 2. The minimum absolute atomic E-state index is 0.0614. The van der Waals surface area contributed by atoms with E-state index < -0.39 is 6.36 Å². The second-order valence-electron chi connectivity index (χ2n) is 4.10. The maximum Gasteiger partial charge on any atom is 0.573 e. The molecule has 1 aromatic rings. The van der Waals surface area contributed by atoms with Crippen LogP contribution in [0.3, 0.4) is 0 Å². The molecule has 0 heterocycles. The van der Waals surface area contributed by atoms with E-state index >= 15 is 0 Å². The molecule has 0 amide bonds. The van der Waals surface area contributed by atoms with Crippen molar-refractivity contribution in [3.05, 3.63) is 24.3 Å². The van der Waals surface area contributed by atoms with Crippen LogP contribution in [0.2, 0.25) is 0 Å². The average molecular weight is 341 g/mol. The molecule has 0 aliphatic heterocycles. The van der Waals surface area contributed by atoms with Gasteiger partial charge in [-0.15, -0.1) is 13.2 Å². The summed E-state index contributed by atoms with van der Waals surface area (Å²) in [5.74, 6) is -0.283. The van der Waals surface area contributed by atoms with Gasteiger partial charge < -0.3 is 14.2 Å². The summed E-state index contributed by atoms with van der Waals surface area (Å²) >= 11 is 3.39. The summed E-state index contributed by atoms with van der Waals surface area (Å²) in [5.41, 5.74) is 0. The van der Waals surface area contributed by atoms with E-state index in [-0.39, 0.29) is 28.5 Å². The Morgan fingerprint density at radius 2 is 1.84 bits per heavy atom. The first-order valence-electron chi connectivity index (χ1n) is 5.59. The first kappa shape index (κ1) is 14.5. The van der Waals surface area contributed by atoms with E-state index in [4.69, 9.17) is 9.47 Å². The van der Waals surface area contributed by atoms with Crippen molar-refractivity contribution in [2.75, 3.05) is 7.11 Å². The van der Waals surface area contributed by atoms with E-state index in [9.17, 15) is 13.2 Å². The monoisotopic (exact) mass is 340 g/mol. The molecule has 0 N–H and O–H groups in total. The molecule has 2 rings (SSSR count). The van der Waals surface area contributed by atoms with Gasteiger partial charge in [0.25, 0.3) is 0 Å². The molecule has 3 atom stereocenters. The van der Waals surface area contributed by atoms with Crippen LogP contribution >= 0.6 is 15.9 Å². The number of hydrogen-bond donors (Lipinski definition) is 0. The van der Waals surface area contributed by atoms with Crippen molar-refractivity contribution in [1.82, 2.24) is 0 Å². The van der Waals surface area contributed by atoms with Crippen molar-refractivity contribution in [2.45, 2.75) is 29.8 Å². The van der Waals surface area contributed by atoms with Crippen LogP contribution in [0.5, 0.6) is 11.5 Å². The Hall–Kier alpha value is -0.950. The van der Waals surface area contributed by atoms with E-state index in [1.54, 1.807) is 6.07 Å². The number of alkyl halides is 4. The third-order valence-electron chi connectivity index (χ3n) is 2.81. The fourth-order valence-corrected chi connectivity index (χ4v) is 2.79. The van der Waals surface area contributed by atoms with Gasteiger partial charge in [-0.25, -0.2) is 0 Å². The minimum atomic E-state index is -4.74. The van der Waals surface area contributed by atoms with Crippen LogP contribution < -0.4 is 9.47 Å². The number of ether oxygens (including phenoxy) is 3. The Morgan fingerprint density at radius 3 is 2.37 bits per heavy atom. The molecule has 3 unspecified atom stereocenters. The fraction of sp³-hybridized carbons (Fsp3) is 0.500. The molecule has 1 fully saturated rings. The van der Waals surface area contributed by atoms with Crippen molar-refractivity contribution in [2.24, 2.45) is 0 Å². The van der Waals surface area contributed by atoms with Crippen molar-refractivity contribution >= 4 is 15.9 Å². The van der Waals surface area contributed by atoms with Gasteiger partial charge in [0, 0.05) is 18.4 Å². The SMILES string of the molecule is COC1C(Br)CC1Oc1ccccc1OC(F)(F)F. The van der Waals surface area contributed by atoms with Crippen molar-refractivity contribution in [3.8, 4) is 11.5 Å². The van der Waals surface area contributed by atoms with Crippen LogP contribution in [-0.2, 0) is 4.74 Å². The molecule has 7 heteroatoms. The van der Waals surface area contributed by atoms with Crippen molar-refractivity contribution < 1.29 is 27.4 Å². The molecule has 1 aliphatic carbocycles. The van der Waals surface area contributed by atoms with Gasteiger partial charge in [-0.1, -0.05) is 28.1 Å². The summed E-state index contributed by atoms with van der Waals surface area (Å²) < 4.78 is 51.4. The molecule has 0 radical (unpaired) electrons. The predicted molar refractivity (Wildman–Crippen MR) is 65.7 cm³/mol. The van der Waals surface area contributed by atoms with Crippen LogP contribution in [0.1, 0.15) is 6.42 Å². The molecule has 0 bridgehead atoms. The fourth-order valence-electron chi connectivity index (χ4n) is 1.86. The van der Waals surface area contributed by atoms with Gasteiger partial charge in [-0.2, -0.15) is 0 Å². The average Bonchev–Trinajstić information content (AvgIpc) is 2.29. The third-order valence-corrected chi connectivity index (χ3v) is 3.70. The van der Waals surface area contributed by atoms with E-state index in [1.165, 1.54) is 25.3 Å². The lowest BCUT2D eigenvalue weighted by atomic mass is 9.91. The molecule has 106 valence electrons. The Kier molecular flexibility index (Phi) is 4.25. The molecule has 1 saturated carbocycles. The Labute approximate surface area is 116 Å². The highest BCUT2D eigenvalue weighted by Gasteiger charge is 2.42. The summed E-state index contributed by atoms with van der Waals surface area (Å²) in [4.78, 5) is 0.151. The Balaban J connectivity index is 2.08. The van der Waals surface area contributed by atoms with Gasteiger partial charge in [-0.05, 0) is 12.1 Å². The van der Waals surface area contributed by atoms with E-state index in [0.717, 1.165) is 0 Å². The zero-order valence-electron chi connectivity index (χ0n) is 9.99. The maximum absolute atomic E-state index is 12.2. The summed E-state index contributed by atoms with van der Waals surface area (Å²) in [7, 11) is 1.53. The maximum atomic E-state index is 12.2. The lowest BCUT2D eigenvalue weighted by Crippen LogP contribution is -2.51. The first-order valence-corrected chi connectivity index (χ1v) is 6.50. The second kappa shape index (κ2) is 5.58. The van der Waals surface area contributed by atoms with Crippen molar-refractivity contribution in [1.29, 1.82) is 0 Å². The van der Waals surface area contributed by atoms with Gasteiger partial charge in [0.15, 0.2) is 11.5 Å². The molecule has 0 aromatic heterocycles. The van der Waals surface area contributed by atoms with Gasteiger partial charge in [-0.3, -0.25) is 0 Å². The van der Waals surface area contributed by atoms with Gasteiger partial charge in [0.05, 0.1) is 0 Å². The largest absolute Gasteiger partial charge is 0.573 e. The highest BCUT2D eigenvalue weighted by molar-refractivity contribution is 9.09. The number of rotatable bonds is 4. The molecule has 1 aromatic carbocycles. The van der Waals surface area contributed by atoms with Crippen LogP contribution in [0, 0.1) is 0 Å². The predicted octanol–water partition coefficient (Wildman–Crippen LogP) is 3.51. The van der Waals surface area contributed by atoms with Crippen LogP contribution in [-0.4, -0.2) is 30.5 Å². The topological polar surface area (TPSA) is 27.7 Å². The van der Waals surface area contributed by atoms with E-state index in [0.29, 0.717) is 6.42 Å². The summed E-state index contributed by atoms with van der Waals surface area (Å²) in [6.45, 7) is 0. The van der Waals surface area contributed by atoms with Crippen molar-refractivity contribution in [3.63, 3.8) is 0 Å². The molecule has 0 spiro atoms. The van der Waals surface area contributed by atoms with Gasteiger partial charge in [0.2, 0.25) is 0 Å². The lowest BCUT2D eigenvalue weighted by Gasteiger charge is -2.40. The number of hydrogen-bond acceptors (Lipinski definition) is 3. The summed E-state index contributed by atoms with van der Waals surface area (Å²) in [6.07, 6.45) is -4.54. The zero-order valence-corrected chi connectivity index (χ0v) is 11.6. The minimum Gasteiger partial charge on any atom is -0.484 e. The van der Waals surface area contributed by atoms with Gasteiger partial charge >= 0.3 is 6.36 Å². The summed E-state index contributed by atoms with van der Waals surface area (Å²) in [5, 5.41) is 0. The lowest BCUT2D eigenvalue weighted by molar-refractivity contribution is -0.275. The summed E-state index contributed by atoms with van der Waals surface area (Å²) in [6, 6.07) is 5.70. The molecular formula is C12H12BrF3O3. The zero-order chi connectivity index (χ0) is 14.0. The molecular weight excluding hydrogens is 329 g/mol. The van der Waals surface area contributed by atoms with Gasteiger partial charge in [0.1, 0.15) is 12.2 Å². The quantitative estimate of drug-likeness (QED) is 0.785. The van der Waals surface area contributed by atoms with Crippen LogP contribution in [0.15, 0.2) is 24.3 Å². The number of benzene rings is 1. The second-order valence-corrected chi connectivity index (χ2v) is 5.28. The molecule has 1 aliphatic rings.